The van der Waals surface area contributed by atoms with Gasteiger partial charge in [0, 0.05) is 11.3 Å². The SMILES string of the molecule is CCC(=O)c1ccc(-c2cc(F)c(Br)cc2C)s1. The average molecular weight is 327 g/mol. The summed E-state index contributed by atoms with van der Waals surface area (Å²) in [4.78, 5) is 13.3. The maximum atomic E-state index is 13.6. The summed E-state index contributed by atoms with van der Waals surface area (Å²) < 4.78 is 14.0. The molecule has 0 atom stereocenters. The van der Waals surface area contributed by atoms with E-state index in [1.54, 1.807) is 6.07 Å². The zero-order valence-electron chi connectivity index (χ0n) is 10.1. The second-order valence-electron chi connectivity index (χ2n) is 4.02. The van der Waals surface area contributed by atoms with Crippen molar-refractivity contribution in [3.63, 3.8) is 0 Å². The molecular weight excluding hydrogens is 315 g/mol. The highest BCUT2D eigenvalue weighted by Gasteiger charge is 2.12. The van der Waals surface area contributed by atoms with Gasteiger partial charge in [0.15, 0.2) is 5.78 Å². The Morgan fingerprint density at radius 1 is 1.39 bits per heavy atom. The summed E-state index contributed by atoms with van der Waals surface area (Å²) in [6.07, 6.45) is 0.494. The highest BCUT2D eigenvalue weighted by molar-refractivity contribution is 9.10. The van der Waals surface area contributed by atoms with Gasteiger partial charge in [0.25, 0.3) is 0 Å². The number of rotatable bonds is 3. The lowest BCUT2D eigenvalue weighted by atomic mass is 10.1. The Morgan fingerprint density at radius 3 is 2.78 bits per heavy atom. The number of carbonyl (C=O) groups is 1. The van der Waals surface area contributed by atoms with Crippen molar-refractivity contribution in [1.29, 1.82) is 0 Å². The van der Waals surface area contributed by atoms with Crippen molar-refractivity contribution in [3.8, 4) is 10.4 Å². The number of hydrogen-bond acceptors (Lipinski definition) is 2. The van der Waals surface area contributed by atoms with Gasteiger partial charge >= 0.3 is 0 Å². The molecule has 0 N–H and O–H groups in total. The van der Waals surface area contributed by atoms with Gasteiger partial charge in [0.1, 0.15) is 5.82 Å². The molecule has 0 aliphatic heterocycles. The van der Waals surface area contributed by atoms with Crippen LogP contribution in [0.25, 0.3) is 10.4 Å². The van der Waals surface area contributed by atoms with E-state index >= 15 is 0 Å². The van der Waals surface area contributed by atoms with Crippen LogP contribution in [0.2, 0.25) is 0 Å². The first-order valence-electron chi connectivity index (χ1n) is 5.62. The lowest BCUT2D eigenvalue weighted by molar-refractivity contribution is 0.0992. The van der Waals surface area contributed by atoms with Crippen LogP contribution in [0.3, 0.4) is 0 Å². The highest BCUT2D eigenvalue weighted by atomic mass is 79.9. The summed E-state index contributed by atoms with van der Waals surface area (Å²) in [6.45, 7) is 3.77. The van der Waals surface area contributed by atoms with Gasteiger partial charge in [0.05, 0.1) is 9.35 Å². The van der Waals surface area contributed by atoms with Gasteiger partial charge in [-0.15, -0.1) is 11.3 Å². The van der Waals surface area contributed by atoms with Crippen LogP contribution in [0.1, 0.15) is 28.6 Å². The largest absolute Gasteiger partial charge is 0.293 e. The molecule has 0 aliphatic rings. The van der Waals surface area contributed by atoms with E-state index in [-0.39, 0.29) is 11.6 Å². The molecule has 1 nitrogen and oxygen atoms in total. The fourth-order valence-electron chi connectivity index (χ4n) is 1.72. The minimum Gasteiger partial charge on any atom is -0.293 e. The van der Waals surface area contributed by atoms with Gasteiger partial charge in [-0.25, -0.2) is 4.39 Å². The number of thiophene rings is 1. The molecule has 0 unspecified atom stereocenters. The van der Waals surface area contributed by atoms with E-state index in [9.17, 15) is 9.18 Å². The number of aryl methyl sites for hydroxylation is 1. The van der Waals surface area contributed by atoms with Crippen LogP contribution in [0, 0.1) is 12.7 Å². The van der Waals surface area contributed by atoms with Crippen molar-refractivity contribution in [2.24, 2.45) is 0 Å². The molecule has 1 aromatic carbocycles. The second kappa shape index (κ2) is 5.33. The van der Waals surface area contributed by atoms with Crippen LogP contribution >= 0.6 is 27.3 Å². The molecule has 0 aliphatic carbocycles. The topological polar surface area (TPSA) is 17.1 Å². The Morgan fingerprint density at radius 2 is 2.11 bits per heavy atom. The average Bonchev–Trinajstić information content (AvgIpc) is 2.82. The monoisotopic (exact) mass is 326 g/mol. The van der Waals surface area contributed by atoms with E-state index < -0.39 is 0 Å². The number of Topliss-reactive ketones (excluding diaryl/α,β-unsaturated/α-hetero) is 1. The second-order valence-corrected chi connectivity index (χ2v) is 5.96. The standard InChI is InChI=1S/C14H12BrFOS/c1-3-12(17)14-5-4-13(18-14)9-7-11(16)10(15)6-8(9)2/h4-7H,3H2,1-2H3. The fourth-order valence-corrected chi connectivity index (χ4v) is 3.27. The molecule has 18 heavy (non-hydrogen) atoms. The molecule has 0 bridgehead atoms. The third-order valence-corrected chi connectivity index (χ3v) is 4.50. The lowest BCUT2D eigenvalue weighted by Gasteiger charge is -2.05. The van der Waals surface area contributed by atoms with Gasteiger partial charge in [-0.05, 0) is 58.2 Å². The first-order valence-corrected chi connectivity index (χ1v) is 7.23. The van der Waals surface area contributed by atoms with E-state index in [1.165, 1.54) is 17.4 Å². The van der Waals surface area contributed by atoms with Gasteiger partial charge < -0.3 is 0 Å². The van der Waals surface area contributed by atoms with Crippen molar-refractivity contribution in [2.75, 3.05) is 0 Å². The number of ketones is 1. The normalized spacial score (nSPS) is 10.7. The summed E-state index contributed by atoms with van der Waals surface area (Å²) >= 11 is 4.58. The lowest BCUT2D eigenvalue weighted by Crippen LogP contribution is -1.90. The number of halogens is 2. The number of hydrogen-bond donors (Lipinski definition) is 0. The molecule has 0 radical (unpaired) electrons. The molecule has 1 heterocycles. The molecule has 0 saturated carbocycles. The molecule has 0 fully saturated rings. The summed E-state index contributed by atoms with van der Waals surface area (Å²) in [7, 11) is 0. The minimum absolute atomic E-state index is 0.126. The van der Waals surface area contributed by atoms with Crippen LogP contribution < -0.4 is 0 Å². The first kappa shape index (κ1) is 13.4. The van der Waals surface area contributed by atoms with Gasteiger partial charge in [-0.2, -0.15) is 0 Å². The Balaban J connectivity index is 2.46. The van der Waals surface area contributed by atoms with E-state index in [0.29, 0.717) is 10.9 Å². The summed E-state index contributed by atoms with van der Waals surface area (Å²) in [5.41, 5.74) is 1.83. The highest BCUT2D eigenvalue weighted by Crippen LogP contribution is 2.33. The summed E-state index contributed by atoms with van der Waals surface area (Å²) in [5.74, 6) is -0.158. The van der Waals surface area contributed by atoms with E-state index in [0.717, 1.165) is 20.9 Å². The molecule has 0 saturated heterocycles. The Bertz CT molecular complexity index is 604. The molecule has 2 aromatic rings. The van der Waals surface area contributed by atoms with Crippen molar-refractivity contribution in [1.82, 2.24) is 0 Å². The predicted molar refractivity (Wildman–Crippen MR) is 76.8 cm³/mol. The smallest absolute Gasteiger partial charge is 0.172 e. The molecule has 2 rings (SSSR count). The van der Waals surface area contributed by atoms with E-state index in [2.05, 4.69) is 15.9 Å². The minimum atomic E-state index is -0.285. The summed E-state index contributed by atoms with van der Waals surface area (Å²) in [5, 5.41) is 0. The number of carbonyl (C=O) groups excluding carboxylic acids is 1. The molecule has 1 aromatic heterocycles. The predicted octanol–water partition coefficient (Wildman–Crippen LogP) is 5.22. The van der Waals surface area contributed by atoms with Crippen LogP contribution in [0.4, 0.5) is 4.39 Å². The third-order valence-electron chi connectivity index (χ3n) is 2.73. The summed E-state index contributed by atoms with van der Waals surface area (Å²) in [6, 6.07) is 6.95. The first-order chi connectivity index (χ1) is 8.52. The fraction of sp³-hybridized carbons (Fsp3) is 0.214. The number of benzene rings is 1. The molecule has 0 amide bonds. The molecular formula is C14H12BrFOS. The zero-order chi connectivity index (χ0) is 13.3. The van der Waals surface area contributed by atoms with Crippen molar-refractivity contribution >= 4 is 33.0 Å². The van der Waals surface area contributed by atoms with Crippen LogP contribution in [-0.2, 0) is 0 Å². The van der Waals surface area contributed by atoms with Gasteiger partial charge in [-0.3, -0.25) is 4.79 Å². The maximum Gasteiger partial charge on any atom is 0.172 e. The van der Waals surface area contributed by atoms with Crippen LogP contribution in [0.15, 0.2) is 28.7 Å². The Hall–Kier alpha value is -1.00. The van der Waals surface area contributed by atoms with Crippen LogP contribution in [0.5, 0.6) is 0 Å². The Kier molecular flexibility index (Phi) is 3.97. The van der Waals surface area contributed by atoms with E-state index in [4.69, 9.17) is 0 Å². The Labute approximate surface area is 118 Å². The van der Waals surface area contributed by atoms with Crippen molar-refractivity contribution in [2.45, 2.75) is 20.3 Å². The van der Waals surface area contributed by atoms with Crippen molar-refractivity contribution < 1.29 is 9.18 Å². The molecule has 94 valence electrons. The molecule has 4 heteroatoms. The zero-order valence-corrected chi connectivity index (χ0v) is 12.5. The van der Waals surface area contributed by atoms with E-state index in [1.807, 2.05) is 26.0 Å². The van der Waals surface area contributed by atoms with Gasteiger partial charge in [0.2, 0.25) is 0 Å². The van der Waals surface area contributed by atoms with Crippen LogP contribution in [-0.4, -0.2) is 5.78 Å². The third kappa shape index (κ3) is 2.54. The van der Waals surface area contributed by atoms with Gasteiger partial charge in [-0.1, -0.05) is 6.92 Å². The maximum absolute atomic E-state index is 13.6. The van der Waals surface area contributed by atoms with Crippen molar-refractivity contribution in [3.05, 3.63) is 45.0 Å². The quantitative estimate of drug-likeness (QED) is 0.707. The molecule has 0 spiro atoms.